The summed E-state index contributed by atoms with van der Waals surface area (Å²) in [6, 6.07) is 3.18. The fourth-order valence-electron chi connectivity index (χ4n) is 1.17. The quantitative estimate of drug-likeness (QED) is 0.619. The first kappa shape index (κ1) is 14.7. The maximum Gasteiger partial charge on any atom is 0.344 e. The lowest BCUT2D eigenvalue weighted by Crippen LogP contribution is -2.18. The predicted octanol–water partition coefficient (Wildman–Crippen LogP) is 1.51. The van der Waals surface area contributed by atoms with Gasteiger partial charge in [0.25, 0.3) is 0 Å². The van der Waals surface area contributed by atoms with Gasteiger partial charge in [-0.05, 0) is 32.1 Å². The lowest BCUT2D eigenvalue weighted by atomic mass is 10.3. The van der Waals surface area contributed by atoms with Crippen molar-refractivity contribution in [1.82, 2.24) is 4.98 Å². The normalized spacial score (nSPS) is 10.7. The van der Waals surface area contributed by atoms with Crippen LogP contribution in [0.5, 0.6) is 5.75 Å². The van der Waals surface area contributed by atoms with Gasteiger partial charge in [0.2, 0.25) is 0 Å². The molecule has 0 atom stereocenters. The fourth-order valence-corrected chi connectivity index (χ4v) is 1.17. The third-order valence-corrected chi connectivity index (χ3v) is 1.88. The molecule has 0 saturated carbocycles. The second kappa shape index (κ2) is 7.15. The zero-order valence-electron chi connectivity index (χ0n) is 10.7. The van der Waals surface area contributed by atoms with Crippen LogP contribution in [0.2, 0.25) is 0 Å². The van der Waals surface area contributed by atoms with Gasteiger partial charge < -0.3 is 14.6 Å². The van der Waals surface area contributed by atoms with Gasteiger partial charge >= 0.3 is 11.9 Å². The van der Waals surface area contributed by atoms with Crippen molar-refractivity contribution in [3.63, 3.8) is 0 Å². The number of carboxylic acid groups (broad SMARTS) is 1. The Hall–Kier alpha value is -2.37. The molecule has 0 fully saturated rings. The molecule has 1 aromatic rings. The Morgan fingerprint density at radius 2 is 2.16 bits per heavy atom. The summed E-state index contributed by atoms with van der Waals surface area (Å²) < 4.78 is 10.1. The third kappa shape index (κ3) is 6.21. The van der Waals surface area contributed by atoms with Gasteiger partial charge in [0.1, 0.15) is 5.75 Å². The minimum atomic E-state index is -1.04. The molecule has 0 aliphatic carbocycles. The maximum atomic E-state index is 11.2. The van der Waals surface area contributed by atoms with E-state index in [1.807, 2.05) is 0 Å². The molecule has 0 aliphatic rings. The Kier molecular flexibility index (Phi) is 5.53. The van der Waals surface area contributed by atoms with E-state index in [4.69, 9.17) is 14.6 Å². The Labute approximate surface area is 110 Å². The number of hydrogen-bond donors (Lipinski definition) is 1. The number of aromatic nitrogens is 1. The molecule has 0 unspecified atom stereocenters. The van der Waals surface area contributed by atoms with Crippen molar-refractivity contribution in [2.45, 2.75) is 20.0 Å². The molecule has 0 aromatic carbocycles. The first-order valence-electron chi connectivity index (χ1n) is 5.66. The molecule has 1 heterocycles. The van der Waals surface area contributed by atoms with Crippen LogP contribution in [0.3, 0.4) is 0 Å². The van der Waals surface area contributed by atoms with Crippen LogP contribution in [-0.2, 0) is 14.3 Å². The zero-order chi connectivity index (χ0) is 14.3. The van der Waals surface area contributed by atoms with Crippen LogP contribution < -0.4 is 4.74 Å². The Morgan fingerprint density at radius 3 is 2.68 bits per heavy atom. The van der Waals surface area contributed by atoms with Crippen molar-refractivity contribution >= 4 is 18.0 Å². The number of esters is 1. The zero-order valence-corrected chi connectivity index (χ0v) is 10.7. The van der Waals surface area contributed by atoms with Crippen LogP contribution in [0, 0.1) is 0 Å². The lowest BCUT2D eigenvalue weighted by molar-refractivity contribution is -0.149. The SMILES string of the molecule is CC(C)OC(=O)COc1ccc(C=CC(=O)O)nc1. The summed E-state index contributed by atoms with van der Waals surface area (Å²) in [4.78, 5) is 25.5. The van der Waals surface area contributed by atoms with E-state index in [0.29, 0.717) is 11.4 Å². The number of pyridine rings is 1. The van der Waals surface area contributed by atoms with Gasteiger partial charge in [-0.3, -0.25) is 4.98 Å². The van der Waals surface area contributed by atoms with Crippen molar-refractivity contribution in [1.29, 1.82) is 0 Å². The molecule has 0 bridgehead atoms. The first-order chi connectivity index (χ1) is 8.97. The van der Waals surface area contributed by atoms with Crippen molar-refractivity contribution in [2.24, 2.45) is 0 Å². The van der Waals surface area contributed by atoms with Gasteiger partial charge in [-0.1, -0.05) is 0 Å². The summed E-state index contributed by atoms with van der Waals surface area (Å²) in [6.45, 7) is 3.32. The second-order valence-corrected chi connectivity index (χ2v) is 3.92. The summed E-state index contributed by atoms with van der Waals surface area (Å²) in [5.41, 5.74) is 0.486. The van der Waals surface area contributed by atoms with Crippen molar-refractivity contribution < 1.29 is 24.2 Å². The molecule has 0 spiro atoms. The molecule has 1 aromatic heterocycles. The summed E-state index contributed by atoms with van der Waals surface area (Å²) in [5.74, 6) is -1.09. The van der Waals surface area contributed by atoms with Gasteiger partial charge in [0.15, 0.2) is 6.61 Å². The number of hydrogen-bond acceptors (Lipinski definition) is 5. The smallest absolute Gasteiger partial charge is 0.344 e. The van der Waals surface area contributed by atoms with Gasteiger partial charge in [0, 0.05) is 6.08 Å². The van der Waals surface area contributed by atoms with Gasteiger partial charge in [-0.2, -0.15) is 0 Å². The molecular formula is C13H15NO5. The Morgan fingerprint density at radius 1 is 1.42 bits per heavy atom. The van der Waals surface area contributed by atoms with Crippen LogP contribution in [0.15, 0.2) is 24.4 Å². The number of ether oxygens (including phenoxy) is 2. The van der Waals surface area contributed by atoms with E-state index in [1.165, 1.54) is 12.3 Å². The van der Waals surface area contributed by atoms with Crippen LogP contribution in [0.4, 0.5) is 0 Å². The van der Waals surface area contributed by atoms with Crippen LogP contribution in [0.25, 0.3) is 6.08 Å². The molecular weight excluding hydrogens is 250 g/mol. The van der Waals surface area contributed by atoms with Gasteiger partial charge in [0.05, 0.1) is 18.0 Å². The topological polar surface area (TPSA) is 85.7 Å². The highest BCUT2D eigenvalue weighted by atomic mass is 16.6. The highest BCUT2D eigenvalue weighted by Crippen LogP contribution is 2.10. The van der Waals surface area contributed by atoms with E-state index >= 15 is 0 Å². The Bertz CT molecular complexity index is 464. The van der Waals surface area contributed by atoms with Crippen molar-refractivity contribution in [2.75, 3.05) is 6.61 Å². The van der Waals surface area contributed by atoms with E-state index < -0.39 is 11.9 Å². The third-order valence-electron chi connectivity index (χ3n) is 1.88. The second-order valence-electron chi connectivity index (χ2n) is 3.92. The fraction of sp³-hybridized carbons (Fsp3) is 0.308. The van der Waals surface area contributed by atoms with E-state index in [9.17, 15) is 9.59 Å². The van der Waals surface area contributed by atoms with Crippen LogP contribution >= 0.6 is 0 Å². The van der Waals surface area contributed by atoms with Crippen LogP contribution in [0.1, 0.15) is 19.5 Å². The van der Waals surface area contributed by atoms with Crippen LogP contribution in [-0.4, -0.2) is 34.7 Å². The first-order valence-corrected chi connectivity index (χ1v) is 5.66. The van der Waals surface area contributed by atoms with Gasteiger partial charge in [-0.15, -0.1) is 0 Å². The molecule has 0 saturated heterocycles. The number of carbonyl (C=O) groups is 2. The van der Waals surface area contributed by atoms with Crippen molar-refractivity contribution in [3.8, 4) is 5.75 Å². The predicted molar refractivity (Wildman–Crippen MR) is 67.6 cm³/mol. The summed E-state index contributed by atoms with van der Waals surface area (Å²) in [6.07, 6.45) is 3.57. The van der Waals surface area contributed by atoms with E-state index in [-0.39, 0.29) is 12.7 Å². The molecule has 0 aliphatic heterocycles. The summed E-state index contributed by atoms with van der Waals surface area (Å²) in [7, 11) is 0. The van der Waals surface area contributed by atoms with Crippen molar-refractivity contribution in [3.05, 3.63) is 30.1 Å². The number of aliphatic carboxylic acids is 1. The molecule has 102 valence electrons. The molecule has 6 heteroatoms. The molecule has 19 heavy (non-hydrogen) atoms. The highest BCUT2D eigenvalue weighted by molar-refractivity contribution is 5.84. The average molecular weight is 265 g/mol. The largest absolute Gasteiger partial charge is 0.480 e. The van der Waals surface area contributed by atoms with E-state index in [2.05, 4.69) is 4.98 Å². The molecule has 0 radical (unpaired) electrons. The molecule has 1 rings (SSSR count). The number of carbonyl (C=O) groups excluding carboxylic acids is 1. The summed E-state index contributed by atoms with van der Waals surface area (Å²) >= 11 is 0. The molecule has 1 N–H and O–H groups in total. The number of rotatable bonds is 6. The molecule has 0 amide bonds. The van der Waals surface area contributed by atoms with Gasteiger partial charge in [-0.25, -0.2) is 9.59 Å². The van der Waals surface area contributed by atoms with E-state index in [0.717, 1.165) is 6.08 Å². The molecule has 6 nitrogen and oxygen atoms in total. The van der Waals surface area contributed by atoms with E-state index in [1.54, 1.807) is 26.0 Å². The lowest BCUT2D eigenvalue weighted by Gasteiger charge is -2.08. The number of carboxylic acids is 1. The number of nitrogens with zero attached hydrogens (tertiary/aromatic N) is 1. The summed E-state index contributed by atoms with van der Waals surface area (Å²) in [5, 5.41) is 8.46. The highest BCUT2D eigenvalue weighted by Gasteiger charge is 2.06. The monoisotopic (exact) mass is 265 g/mol. The maximum absolute atomic E-state index is 11.2. The standard InChI is InChI=1S/C13H15NO5/c1-9(2)19-13(17)8-18-11-5-3-10(14-7-11)4-6-12(15)16/h3-7,9H,8H2,1-2H3,(H,15,16). The minimum absolute atomic E-state index is 0.183. The minimum Gasteiger partial charge on any atom is -0.480 e. The average Bonchev–Trinajstić information content (AvgIpc) is 2.34. The Balaban J connectivity index is 2.48.